The Morgan fingerprint density at radius 3 is 2.14 bits per heavy atom. The molecule has 1 fully saturated rings. The van der Waals surface area contributed by atoms with Gasteiger partial charge >= 0.3 is 0 Å². The van der Waals surface area contributed by atoms with Crippen molar-refractivity contribution in [2.24, 2.45) is 0 Å². The Balaban J connectivity index is 1.46. The molecule has 3 aromatic rings. The Morgan fingerprint density at radius 1 is 0.865 bits per heavy atom. The summed E-state index contributed by atoms with van der Waals surface area (Å²) in [5.74, 6) is -2.65. The number of hydrogen-bond donors (Lipinski definition) is 2. The van der Waals surface area contributed by atoms with E-state index in [1.54, 1.807) is 0 Å². The molecular weight excluding hydrogens is 473 g/mol. The van der Waals surface area contributed by atoms with E-state index >= 15 is 0 Å². The maximum absolute atomic E-state index is 13.3. The van der Waals surface area contributed by atoms with Gasteiger partial charge in [0.05, 0.1) is 0 Å². The molecule has 1 aliphatic rings. The van der Waals surface area contributed by atoms with Gasteiger partial charge in [0.2, 0.25) is 17.6 Å². The molecule has 0 aliphatic carbocycles. The maximum atomic E-state index is 13.3. The third-order valence-corrected chi connectivity index (χ3v) is 6.33. The summed E-state index contributed by atoms with van der Waals surface area (Å²) in [6.07, 6.45) is 0.690. The molecule has 8 heteroatoms. The van der Waals surface area contributed by atoms with Gasteiger partial charge in [-0.25, -0.2) is 4.39 Å². The topological polar surface area (TPSA) is 95.6 Å². The van der Waals surface area contributed by atoms with Gasteiger partial charge in [-0.1, -0.05) is 72.8 Å². The molecule has 3 amide bonds. The number of carbonyl (C=O) groups excluding carboxylic acids is 4. The van der Waals surface area contributed by atoms with E-state index in [2.05, 4.69) is 10.6 Å². The van der Waals surface area contributed by atoms with Crippen LogP contribution in [0.15, 0.2) is 84.9 Å². The molecule has 1 heterocycles. The van der Waals surface area contributed by atoms with E-state index in [0.29, 0.717) is 12.0 Å². The summed E-state index contributed by atoms with van der Waals surface area (Å²) in [4.78, 5) is 53.2. The third-order valence-electron chi connectivity index (χ3n) is 6.33. The van der Waals surface area contributed by atoms with E-state index in [1.165, 1.54) is 29.2 Å². The van der Waals surface area contributed by atoms with E-state index in [1.807, 2.05) is 60.7 Å². The second kappa shape index (κ2) is 12.1. The van der Waals surface area contributed by atoms with E-state index in [9.17, 15) is 23.6 Å². The highest BCUT2D eigenvalue weighted by atomic mass is 19.1. The van der Waals surface area contributed by atoms with Crippen LogP contribution in [-0.2, 0) is 38.7 Å². The molecule has 190 valence electrons. The minimum absolute atomic E-state index is 0.0405. The number of nitrogens with one attached hydrogen (secondary N) is 2. The fourth-order valence-corrected chi connectivity index (χ4v) is 4.34. The zero-order valence-corrected chi connectivity index (χ0v) is 20.2. The molecule has 0 bridgehead atoms. The van der Waals surface area contributed by atoms with Crippen LogP contribution < -0.4 is 10.6 Å². The van der Waals surface area contributed by atoms with Crippen LogP contribution in [0.4, 0.5) is 4.39 Å². The van der Waals surface area contributed by atoms with Gasteiger partial charge in [0.1, 0.15) is 17.9 Å². The van der Waals surface area contributed by atoms with E-state index in [-0.39, 0.29) is 31.8 Å². The molecule has 3 aromatic carbocycles. The average molecular weight is 502 g/mol. The number of ketones is 1. The maximum Gasteiger partial charge on any atom is 0.289 e. The molecule has 0 aromatic heterocycles. The molecular formula is C29H28FN3O4. The molecule has 1 unspecified atom stereocenters. The molecule has 0 saturated carbocycles. The highest BCUT2D eigenvalue weighted by Gasteiger charge is 2.38. The van der Waals surface area contributed by atoms with Crippen LogP contribution in [0.3, 0.4) is 0 Å². The molecule has 37 heavy (non-hydrogen) atoms. The summed E-state index contributed by atoms with van der Waals surface area (Å²) < 4.78 is 13.1. The zero-order valence-electron chi connectivity index (χ0n) is 20.2. The molecule has 1 saturated heterocycles. The second-order valence-corrected chi connectivity index (χ2v) is 8.99. The first-order valence-corrected chi connectivity index (χ1v) is 12.1. The first kappa shape index (κ1) is 25.8. The Morgan fingerprint density at radius 2 is 1.49 bits per heavy atom. The molecule has 2 atom stereocenters. The Kier molecular flexibility index (Phi) is 8.40. The minimum atomic E-state index is -1.11. The number of Topliss-reactive ketones (excluding diaryl/α,β-unsaturated/α-hetero) is 1. The number of halogens is 1. The molecule has 0 radical (unpaired) electrons. The molecule has 7 nitrogen and oxygen atoms in total. The summed E-state index contributed by atoms with van der Waals surface area (Å²) in [6, 6.07) is 22.2. The van der Waals surface area contributed by atoms with Gasteiger partial charge < -0.3 is 15.5 Å². The Hall–Kier alpha value is -4.33. The fourth-order valence-electron chi connectivity index (χ4n) is 4.34. The number of rotatable bonds is 10. The number of amides is 3. The standard InChI is InChI=1S/C29H28FN3O4/c30-23-13-11-21(12-14-23)18-31-29(37)27(35)24(17-20-7-3-1-4-8-20)32-28(36)25-15-16-26(34)33(25)19-22-9-5-2-6-10-22/h1-14,24-25H,15-19H2,(H,31,37)(H,32,36)/t24?,25-/m1/s1. The third kappa shape index (κ3) is 6.88. The summed E-state index contributed by atoms with van der Waals surface area (Å²) in [6.45, 7) is 0.325. The quantitative estimate of drug-likeness (QED) is 0.418. The largest absolute Gasteiger partial charge is 0.345 e. The highest BCUT2D eigenvalue weighted by molar-refractivity contribution is 6.38. The lowest BCUT2D eigenvalue weighted by Gasteiger charge is -2.26. The smallest absolute Gasteiger partial charge is 0.289 e. The van der Waals surface area contributed by atoms with Crippen LogP contribution in [0, 0.1) is 5.82 Å². The second-order valence-electron chi connectivity index (χ2n) is 8.99. The van der Waals surface area contributed by atoms with Crippen LogP contribution >= 0.6 is 0 Å². The lowest BCUT2D eigenvalue weighted by molar-refractivity contribution is -0.141. The Bertz CT molecular complexity index is 1250. The monoisotopic (exact) mass is 501 g/mol. The van der Waals surface area contributed by atoms with E-state index in [4.69, 9.17) is 0 Å². The van der Waals surface area contributed by atoms with Crippen molar-refractivity contribution < 1.29 is 23.6 Å². The number of benzene rings is 3. The SMILES string of the molecule is O=C(NCc1ccc(F)cc1)C(=O)C(Cc1ccccc1)NC(=O)[C@H]1CCC(=O)N1Cc1ccccc1. The summed E-state index contributed by atoms with van der Waals surface area (Å²) >= 11 is 0. The van der Waals surface area contributed by atoms with Gasteiger partial charge in [-0.15, -0.1) is 0 Å². The first-order valence-electron chi connectivity index (χ1n) is 12.1. The normalized spacial score (nSPS) is 15.8. The molecule has 0 spiro atoms. The van der Waals surface area contributed by atoms with Gasteiger partial charge in [0, 0.05) is 25.9 Å². The fraction of sp³-hybridized carbons (Fsp3) is 0.241. The Labute approximate surface area is 214 Å². The van der Waals surface area contributed by atoms with Crippen molar-refractivity contribution in [2.75, 3.05) is 0 Å². The highest BCUT2D eigenvalue weighted by Crippen LogP contribution is 2.22. The number of hydrogen-bond acceptors (Lipinski definition) is 4. The van der Waals surface area contributed by atoms with Gasteiger partial charge in [0.25, 0.3) is 5.91 Å². The average Bonchev–Trinajstić information content (AvgIpc) is 3.28. The van der Waals surface area contributed by atoms with Crippen molar-refractivity contribution in [1.82, 2.24) is 15.5 Å². The van der Waals surface area contributed by atoms with Crippen molar-refractivity contribution in [3.63, 3.8) is 0 Å². The lowest BCUT2D eigenvalue weighted by Crippen LogP contribution is -2.53. The van der Waals surface area contributed by atoms with Crippen LogP contribution in [0.25, 0.3) is 0 Å². The number of likely N-dealkylation sites (tertiary alicyclic amines) is 1. The molecule has 2 N–H and O–H groups in total. The number of nitrogens with zero attached hydrogens (tertiary/aromatic N) is 1. The van der Waals surface area contributed by atoms with Crippen molar-refractivity contribution in [3.8, 4) is 0 Å². The lowest BCUT2D eigenvalue weighted by atomic mass is 10.0. The van der Waals surface area contributed by atoms with Gasteiger partial charge in [-0.3, -0.25) is 19.2 Å². The first-order chi connectivity index (χ1) is 17.9. The minimum Gasteiger partial charge on any atom is -0.345 e. The van der Waals surface area contributed by atoms with Crippen molar-refractivity contribution in [1.29, 1.82) is 0 Å². The summed E-state index contributed by atoms with van der Waals surface area (Å²) in [5.41, 5.74) is 2.30. The van der Waals surface area contributed by atoms with Crippen molar-refractivity contribution >= 4 is 23.5 Å². The van der Waals surface area contributed by atoms with Gasteiger partial charge in [-0.05, 0) is 35.2 Å². The summed E-state index contributed by atoms with van der Waals surface area (Å²) in [5, 5.41) is 5.29. The number of carbonyl (C=O) groups is 4. The van der Waals surface area contributed by atoms with E-state index < -0.39 is 35.5 Å². The van der Waals surface area contributed by atoms with Gasteiger partial charge in [-0.2, -0.15) is 0 Å². The predicted octanol–water partition coefficient (Wildman–Crippen LogP) is 2.93. The van der Waals surface area contributed by atoms with Crippen LogP contribution in [0.5, 0.6) is 0 Å². The van der Waals surface area contributed by atoms with Crippen LogP contribution in [-0.4, -0.2) is 40.5 Å². The zero-order chi connectivity index (χ0) is 26.2. The van der Waals surface area contributed by atoms with Crippen LogP contribution in [0.1, 0.15) is 29.5 Å². The van der Waals surface area contributed by atoms with Crippen molar-refractivity contribution in [3.05, 3.63) is 107 Å². The summed E-state index contributed by atoms with van der Waals surface area (Å²) in [7, 11) is 0. The van der Waals surface area contributed by atoms with E-state index in [0.717, 1.165) is 11.1 Å². The molecule has 4 rings (SSSR count). The van der Waals surface area contributed by atoms with Crippen molar-refractivity contribution in [2.45, 2.75) is 44.4 Å². The molecule has 1 aliphatic heterocycles. The van der Waals surface area contributed by atoms with Gasteiger partial charge in [0.15, 0.2) is 0 Å². The predicted molar refractivity (Wildman–Crippen MR) is 135 cm³/mol. The van der Waals surface area contributed by atoms with Crippen LogP contribution in [0.2, 0.25) is 0 Å².